The summed E-state index contributed by atoms with van der Waals surface area (Å²) in [6, 6.07) is 13.3. The predicted octanol–water partition coefficient (Wildman–Crippen LogP) is 1.62. The van der Waals surface area contributed by atoms with Crippen molar-refractivity contribution >= 4 is 5.97 Å². The fourth-order valence-corrected chi connectivity index (χ4v) is 2.25. The molecule has 0 aromatic heterocycles. The van der Waals surface area contributed by atoms with Crippen LogP contribution in [0.1, 0.15) is 21.5 Å². The minimum Gasteiger partial charge on any atom is -0.545 e. The van der Waals surface area contributed by atoms with Gasteiger partial charge in [0.1, 0.15) is 0 Å². The number of benzene rings is 2. The van der Waals surface area contributed by atoms with Crippen molar-refractivity contribution in [1.29, 1.82) is 0 Å². The number of rotatable bonds is 1. The molecule has 1 aliphatic carbocycles. The lowest BCUT2D eigenvalue weighted by atomic mass is 10.0. The predicted molar refractivity (Wildman–Crippen MR) is 59.0 cm³/mol. The molecule has 0 amide bonds. The van der Waals surface area contributed by atoms with Crippen molar-refractivity contribution in [2.24, 2.45) is 0 Å². The molecule has 0 radical (unpaired) electrons. The third-order valence-electron chi connectivity index (χ3n) is 3.03. The summed E-state index contributed by atoms with van der Waals surface area (Å²) in [6.45, 7) is 0. The average molecular weight is 209 g/mol. The summed E-state index contributed by atoms with van der Waals surface area (Å²) in [4.78, 5) is 10.8. The fraction of sp³-hybridized carbons (Fsp3) is 0.0714. The molecule has 2 heteroatoms. The quantitative estimate of drug-likeness (QED) is 0.611. The van der Waals surface area contributed by atoms with Crippen LogP contribution in [0, 0.1) is 0 Å². The van der Waals surface area contributed by atoms with Crippen LogP contribution >= 0.6 is 0 Å². The van der Waals surface area contributed by atoms with Gasteiger partial charge < -0.3 is 9.90 Å². The third kappa shape index (κ3) is 1.23. The second-order valence-corrected chi connectivity index (χ2v) is 3.99. The number of aromatic carboxylic acids is 1. The molecule has 0 aliphatic heterocycles. The summed E-state index contributed by atoms with van der Waals surface area (Å²) < 4.78 is 0. The molecule has 78 valence electrons. The van der Waals surface area contributed by atoms with E-state index in [0.29, 0.717) is 0 Å². The Bertz CT molecular complexity index is 585. The van der Waals surface area contributed by atoms with E-state index in [1.807, 2.05) is 24.3 Å². The lowest BCUT2D eigenvalue weighted by Gasteiger charge is -2.05. The van der Waals surface area contributed by atoms with E-state index < -0.39 is 5.97 Å². The first kappa shape index (κ1) is 9.16. The monoisotopic (exact) mass is 209 g/mol. The first-order chi connectivity index (χ1) is 7.75. The summed E-state index contributed by atoms with van der Waals surface area (Å²) >= 11 is 0. The molecule has 0 saturated carbocycles. The third-order valence-corrected chi connectivity index (χ3v) is 3.03. The molecule has 16 heavy (non-hydrogen) atoms. The van der Waals surface area contributed by atoms with Gasteiger partial charge in [-0.1, -0.05) is 36.4 Å². The Morgan fingerprint density at radius 3 is 2.56 bits per heavy atom. The molecular weight excluding hydrogens is 200 g/mol. The van der Waals surface area contributed by atoms with E-state index in [0.717, 1.165) is 17.5 Å². The first-order valence-corrected chi connectivity index (χ1v) is 5.18. The topological polar surface area (TPSA) is 40.1 Å². The van der Waals surface area contributed by atoms with Gasteiger partial charge in [0.25, 0.3) is 0 Å². The molecule has 1 aliphatic rings. The standard InChI is InChI=1S/C14H10O2/c15-14(16)11-6-5-10-7-9-3-1-2-4-12(9)13(10)8-11/h1-6,8H,7H2,(H,15,16)/p-1. The van der Waals surface area contributed by atoms with Gasteiger partial charge in [0.2, 0.25) is 0 Å². The lowest BCUT2D eigenvalue weighted by Crippen LogP contribution is -2.22. The maximum absolute atomic E-state index is 10.8. The maximum Gasteiger partial charge on any atom is 0.0715 e. The van der Waals surface area contributed by atoms with Crippen molar-refractivity contribution in [3.05, 3.63) is 59.2 Å². The summed E-state index contributed by atoms with van der Waals surface area (Å²) in [5, 5.41) is 10.8. The minimum atomic E-state index is -1.12. The van der Waals surface area contributed by atoms with Gasteiger partial charge >= 0.3 is 0 Å². The Kier molecular flexibility index (Phi) is 1.83. The smallest absolute Gasteiger partial charge is 0.0715 e. The number of hydrogen-bond donors (Lipinski definition) is 0. The average Bonchev–Trinajstić information content (AvgIpc) is 2.66. The van der Waals surface area contributed by atoms with Crippen molar-refractivity contribution in [3.63, 3.8) is 0 Å². The van der Waals surface area contributed by atoms with E-state index in [9.17, 15) is 9.90 Å². The Balaban J connectivity index is 2.22. The van der Waals surface area contributed by atoms with Crippen LogP contribution in [-0.2, 0) is 6.42 Å². The molecule has 3 rings (SSSR count). The SMILES string of the molecule is O=C([O-])c1ccc2c(c1)-c1ccccc1C2. The number of carbonyl (C=O) groups excluding carboxylic acids is 1. The zero-order valence-corrected chi connectivity index (χ0v) is 8.57. The maximum atomic E-state index is 10.8. The van der Waals surface area contributed by atoms with Gasteiger partial charge in [-0.05, 0) is 40.3 Å². The molecular formula is C14H9O2-. The highest BCUT2D eigenvalue weighted by Crippen LogP contribution is 2.36. The van der Waals surface area contributed by atoms with Gasteiger partial charge in [0, 0.05) is 0 Å². The second kappa shape index (κ2) is 3.20. The fourth-order valence-electron chi connectivity index (χ4n) is 2.25. The largest absolute Gasteiger partial charge is 0.545 e. The van der Waals surface area contributed by atoms with Crippen LogP contribution in [0.5, 0.6) is 0 Å². The zero-order chi connectivity index (χ0) is 11.1. The van der Waals surface area contributed by atoms with E-state index in [-0.39, 0.29) is 5.56 Å². The summed E-state index contributed by atoms with van der Waals surface area (Å²) in [7, 11) is 0. The van der Waals surface area contributed by atoms with Gasteiger partial charge in [0.05, 0.1) is 5.97 Å². The molecule has 0 saturated heterocycles. The molecule has 2 aromatic carbocycles. The van der Waals surface area contributed by atoms with Gasteiger partial charge in [-0.2, -0.15) is 0 Å². The Labute approximate surface area is 93.2 Å². The first-order valence-electron chi connectivity index (χ1n) is 5.18. The number of carboxylic acid groups (broad SMARTS) is 1. The number of fused-ring (bicyclic) bond motifs is 3. The zero-order valence-electron chi connectivity index (χ0n) is 8.57. The van der Waals surface area contributed by atoms with Crippen molar-refractivity contribution in [2.45, 2.75) is 6.42 Å². The Morgan fingerprint density at radius 1 is 1.00 bits per heavy atom. The molecule has 0 atom stereocenters. The Hall–Kier alpha value is -2.09. The van der Waals surface area contributed by atoms with E-state index >= 15 is 0 Å². The van der Waals surface area contributed by atoms with E-state index in [1.54, 1.807) is 12.1 Å². The summed E-state index contributed by atoms with van der Waals surface area (Å²) in [6.07, 6.45) is 0.888. The van der Waals surface area contributed by atoms with Crippen molar-refractivity contribution in [3.8, 4) is 11.1 Å². The number of carboxylic acids is 1. The minimum absolute atomic E-state index is 0.246. The molecule has 0 N–H and O–H groups in total. The number of hydrogen-bond acceptors (Lipinski definition) is 2. The molecule has 0 fully saturated rings. The van der Waals surface area contributed by atoms with Gasteiger partial charge in [-0.3, -0.25) is 0 Å². The van der Waals surface area contributed by atoms with Gasteiger partial charge in [0.15, 0.2) is 0 Å². The van der Waals surface area contributed by atoms with Crippen LogP contribution in [0.4, 0.5) is 0 Å². The highest BCUT2D eigenvalue weighted by atomic mass is 16.4. The van der Waals surface area contributed by atoms with E-state index in [4.69, 9.17) is 0 Å². The molecule has 0 unspecified atom stereocenters. The highest BCUT2D eigenvalue weighted by molar-refractivity contribution is 5.89. The van der Waals surface area contributed by atoms with Crippen LogP contribution in [-0.4, -0.2) is 5.97 Å². The van der Waals surface area contributed by atoms with Crippen LogP contribution in [0.2, 0.25) is 0 Å². The van der Waals surface area contributed by atoms with Crippen molar-refractivity contribution in [1.82, 2.24) is 0 Å². The van der Waals surface area contributed by atoms with Crippen molar-refractivity contribution in [2.75, 3.05) is 0 Å². The van der Waals surface area contributed by atoms with Crippen LogP contribution < -0.4 is 5.11 Å². The Morgan fingerprint density at radius 2 is 1.75 bits per heavy atom. The van der Waals surface area contributed by atoms with Crippen LogP contribution in [0.15, 0.2) is 42.5 Å². The van der Waals surface area contributed by atoms with Crippen LogP contribution in [0.3, 0.4) is 0 Å². The lowest BCUT2D eigenvalue weighted by molar-refractivity contribution is -0.255. The second-order valence-electron chi connectivity index (χ2n) is 3.99. The van der Waals surface area contributed by atoms with Gasteiger partial charge in [-0.25, -0.2) is 0 Å². The summed E-state index contributed by atoms with van der Waals surface area (Å²) in [5.74, 6) is -1.12. The molecule has 0 heterocycles. The molecule has 0 bridgehead atoms. The molecule has 2 nitrogen and oxygen atoms in total. The highest BCUT2D eigenvalue weighted by Gasteiger charge is 2.17. The number of carbonyl (C=O) groups is 1. The van der Waals surface area contributed by atoms with E-state index in [1.165, 1.54) is 11.1 Å². The van der Waals surface area contributed by atoms with Crippen LogP contribution in [0.25, 0.3) is 11.1 Å². The molecule has 0 spiro atoms. The van der Waals surface area contributed by atoms with Crippen molar-refractivity contribution < 1.29 is 9.90 Å². The van der Waals surface area contributed by atoms with E-state index in [2.05, 4.69) is 6.07 Å². The van der Waals surface area contributed by atoms with Gasteiger partial charge in [-0.15, -0.1) is 0 Å². The summed E-state index contributed by atoms with van der Waals surface area (Å²) in [5.41, 5.74) is 4.85. The molecule has 2 aromatic rings. The normalized spacial score (nSPS) is 12.0.